The second-order valence-corrected chi connectivity index (χ2v) is 11.6. The van der Waals surface area contributed by atoms with Crippen molar-refractivity contribution in [1.82, 2.24) is 0 Å². The van der Waals surface area contributed by atoms with Gasteiger partial charge in [0.05, 0.1) is 6.61 Å². The Morgan fingerprint density at radius 1 is 0.595 bits per heavy atom. The smallest absolute Gasteiger partial charge is 0.119 e. The normalized spacial score (nSPS) is 13.1. The zero-order valence-corrected chi connectivity index (χ0v) is 23.4. The van der Waals surface area contributed by atoms with Gasteiger partial charge in [-0.15, -0.1) is 0 Å². The second kappa shape index (κ2) is 10.4. The molecule has 0 aromatic heterocycles. The third-order valence-electron chi connectivity index (χ3n) is 7.05. The van der Waals surface area contributed by atoms with Gasteiger partial charge in [0.25, 0.3) is 0 Å². The maximum Gasteiger partial charge on any atom is 0.119 e. The Morgan fingerprint density at radius 2 is 1.05 bits per heavy atom. The minimum atomic E-state index is 0.306. The van der Waals surface area contributed by atoms with E-state index in [9.17, 15) is 5.11 Å². The van der Waals surface area contributed by atoms with Crippen molar-refractivity contribution in [2.45, 2.75) is 19.3 Å². The first kappa shape index (κ1) is 24.3. The second-order valence-electron chi connectivity index (χ2n) is 9.73. The van der Waals surface area contributed by atoms with Crippen molar-refractivity contribution in [3.63, 3.8) is 0 Å². The molecular formula is C33H26Br2O2. The van der Waals surface area contributed by atoms with Crippen molar-refractivity contribution in [3.8, 4) is 11.5 Å². The maximum atomic E-state index is 9.55. The number of hydrogen-bond acceptors (Lipinski definition) is 2. The number of phenols is 1. The minimum Gasteiger partial charge on any atom is -0.508 e. The average Bonchev–Trinajstić information content (AvgIpc) is 3.73. The predicted octanol–water partition coefficient (Wildman–Crippen LogP) is 10.4. The zero-order valence-electron chi connectivity index (χ0n) is 20.3. The Kier molecular flexibility index (Phi) is 6.79. The first-order valence-electron chi connectivity index (χ1n) is 12.6. The fraction of sp³-hybridized carbons (Fsp3) is 0.152. The molecule has 1 saturated carbocycles. The van der Waals surface area contributed by atoms with Crippen LogP contribution >= 0.6 is 31.9 Å². The van der Waals surface area contributed by atoms with E-state index in [4.69, 9.17) is 4.74 Å². The lowest BCUT2D eigenvalue weighted by molar-refractivity contribution is 0.303. The van der Waals surface area contributed by atoms with E-state index in [-0.39, 0.29) is 0 Å². The number of phenolic OH excluding ortho intramolecular Hbond substituents is 1. The summed E-state index contributed by atoms with van der Waals surface area (Å²) >= 11 is 7.04. The van der Waals surface area contributed by atoms with Gasteiger partial charge in [-0.3, -0.25) is 0 Å². The fourth-order valence-corrected chi connectivity index (χ4v) is 5.57. The van der Waals surface area contributed by atoms with Crippen LogP contribution in [0.4, 0.5) is 0 Å². The summed E-state index contributed by atoms with van der Waals surface area (Å²) in [5.74, 6) is 2.21. The van der Waals surface area contributed by atoms with E-state index >= 15 is 0 Å². The third kappa shape index (κ3) is 5.46. The number of halogens is 2. The van der Waals surface area contributed by atoms with Gasteiger partial charge >= 0.3 is 0 Å². The molecule has 7 rings (SSSR count). The highest BCUT2D eigenvalue weighted by Crippen LogP contribution is 2.34. The van der Waals surface area contributed by atoms with Crippen LogP contribution in [0.25, 0.3) is 43.1 Å². The molecule has 0 heterocycles. The molecule has 4 heteroatoms. The highest BCUT2D eigenvalue weighted by molar-refractivity contribution is 9.10. The molecule has 1 fully saturated rings. The number of benzene rings is 6. The Balaban J connectivity index is 0.000000141. The number of fused-ring (bicyclic) bond motifs is 6. The Morgan fingerprint density at radius 3 is 1.62 bits per heavy atom. The molecule has 6 aromatic rings. The SMILES string of the molecule is Brc1ccc2ccc3ccc(OCCC4CC4)cc3c2c1.Oc1ccc2ccc3ccc(Br)cc3c2c1. The third-order valence-corrected chi connectivity index (χ3v) is 8.04. The lowest BCUT2D eigenvalue weighted by Crippen LogP contribution is -1.97. The van der Waals surface area contributed by atoms with Crippen LogP contribution in [0.1, 0.15) is 19.3 Å². The summed E-state index contributed by atoms with van der Waals surface area (Å²) < 4.78 is 8.10. The number of ether oxygens (including phenoxy) is 1. The summed E-state index contributed by atoms with van der Waals surface area (Å²) in [6.45, 7) is 0.838. The molecule has 0 aliphatic heterocycles. The minimum absolute atomic E-state index is 0.306. The van der Waals surface area contributed by atoms with Crippen LogP contribution in [0.2, 0.25) is 0 Å². The topological polar surface area (TPSA) is 29.5 Å². The first-order chi connectivity index (χ1) is 18.0. The van der Waals surface area contributed by atoms with E-state index in [0.29, 0.717) is 5.75 Å². The molecule has 0 radical (unpaired) electrons. The van der Waals surface area contributed by atoms with Crippen molar-refractivity contribution in [2.75, 3.05) is 6.61 Å². The van der Waals surface area contributed by atoms with Crippen molar-refractivity contribution < 1.29 is 9.84 Å². The quantitative estimate of drug-likeness (QED) is 0.200. The van der Waals surface area contributed by atoms with Gasteiger partial charge in [-0.1, -0.05) is 93.2 Å². The van der Waals surface area contributed by atoms with Gasteiger partial charge in [0, 0.05) is 8.95 Å². The Labute approximate surface area is 233 Å². The van der Waals surface area contributed by atoms with Crippen LogP contribution < -0.4 is 4.74 Å². The largest absolute Gasteiger partial charge is 0.508 e. The molecule has 1 aliphatic carbocycles. The van der Waals surface area contributed by atoms with Gasteiger partial charge in [-0.2, -0.15) is 0 Å². The van der Waals surface area contributed by atoms with Crippen LogP contribution in [-0.4, -0.2) is 11.7 Å². The van der Waals surface area contributed by atoms with Crippen LogP contribution in [0.3, 0.4) is 0 Å². The summed E-state index contributed by atoms with van der Waals surface area (Å²) in [6, 6.07) is 33.0. The fourth-order valence-electron chi connectivity index (χ4n) is 4.85. The molecule has 1 N–H and O–H groups in total. The van der Waals surface area contributed by atoms with Gasteiger partial charge in [-0.05, 0) is 104 Å². The molecule has 0 unspecified atom stereocenters. The molecular weight excluding hydrogens is 588 g/mol. The molecule has 0 amide bonds. The lowest BCUT2D eigenvalue weighted by Gasteiger charge is -2.09. The van der Waals surface area contributed by atoms with Crippen molar-refractivity contribution >= 4 is 74.9 Å². The van der Waals surface area contributed by atoms with Gasteiger partial charge in [-0.25, -0.2) is 0 Å². The first-order valence-corrected chi connectivity index (χ1v) is 14.2. The molecule has 184 valence electrons. The summed E-state index contributed by atoms with van der Waals surface area (Å²) in [6.07, 6.45) is 3.97. The van der Waals surface area contributed by atoms with Crippen molar-refractivity contribution in [2.24, 2.45) is 5.92 Å². The van der Waals surface area contributed by atoms with Crippen molar-refractivity contribution in [3.05, 3.63) is 106 Å². The summed E-state index contributed by atoms with van der Waals surface area (Å²) in [5, 5.41) is 19.2. The van der Waals surface area contributed by atoms with E-state index in [0.717, 1.165) is 43.4 Å². The molecule has 37 heavy (non-hydrogen) atoms. The highest BCUT2D eigenvalue weighted by Gasteiger charge is 2.20. The Hall–Kier alpha value is -3.08. The molecule has 2 nitrogen and oxygen atoms in total. The van der Waals surface area contributed by atoms with E-state index in [2.05, 4.69) is 105 Å². The average molecular weight is 614 g/mol. The maximum absolute atomic E-state index is 9.55. The van der Waals surface area contributed by atoms with Gasteiger partial charge in [0.15, 0.2) is 0 Å². The van der Waals surface area contributed by atoms with Gasteiger partial charge in [0.2, 0.25) is 0 Å². The predicted molar refractivity (Wildman–Crippen MR) is 163 cm³/mol. The van der Waals surface area contributed by atoms with Crippen LogP contribution in [0, 0.1) is 5.92 Å². The number of aromatic hydroxyl groups is 1. The lowest BCUT2D eigenvalue weighted by atomic mass is 10.0. The van der Waals surface area contributed by atoms with Gasteiger partial charge in [0.1, 0.15) is 11.5 Å². The highest BCUT2D eigenvalue weighted by atomic mass is 79.9. The van der Waals surface area contributed by atoms with Crippen LogP contribution in [0.5, 0.6) is 11.5 Å². The summed E-state index contributed by atoms with van der Waals surface area (Å²) in [5.41, 5.74) is 0. The number of hydrogen-bond donors (Lipinski definition) is 1. The van der Waals surface area contributed by atoms with Crippen LogP contribution in [-0.2, 0) is 0 Å². The monoisotopic (exact) mass is 612 g/mol. The molecule has 0 bridgehead atoms. The van der Waals surface area contributed by atoms with Gasteiger partial charge < -0.3 is 9.84 Å². The summed E-state index contributed by atoms with van der Waals surface area (Å²) in [4.78, 5) is 0. The Bertz CT molecular complexity index is 1690. The molecule has 1 aliphatic rings. The molecule has 0 atom stereocenters. The van der Waals surface area contributed by atoms with Crippen LogP contribution in [0.15, 0.2) is 106 Å². The molecule has 0 spiro atoms. The molecule has 0 saturated heterocycles. The van der Waals surface area contributed by atoms with E-state index in [1.54, 1.807) is 6.07 Å². The van der Waals surface area contributed by atoms with E-state index in [1.807, 2.05) is 18.2 Å². The van der Waals surface area contributed by atoms with E-state index in [1.165, 1.54) is 46.2 Å². The van der Waals surface area contributed by atoms with E-state index < -0.39 is 0 Å². The zero-order chi connectivity index (χ0) is 25.4. The molecule has 6 aromatic carbocycles. The van der Waals surface area contributed by atoms with Crippen molar-refractivity contribution in [1.29, 1.82) is 0 Å². The standard InChI is InChI=1S/C19H17BrO.C14H9BrO/c20-16-7-5-14-3-4-15-6-8-17(12-19(15)18(14)11-16)21-10-9-13-1-2-13;15-11-5-3-9-1-2-10-4-6-12(16)8-14(10)13(9)7-11/h3-8,11-13H,1-2,9-10H2;1-8,16H. The number of rotatable bonds is 4. The summed E-state index contributed by atoms with van der Waals surface area (Å²) in [7, 11) is 0.